The summed E-state index contributed by atoms with van der Waals surface area (Å²) in [4.78, 5) is 25.3. The lowest BCUT2D eigenvalue weighted by Gasteiger charge is -2.23. The van der Waals surface area contributed by atoms with E-state index in [9.17, 15) is 31.2 Å². The Hall–Kier alpha value is -3.00. The Morgan fingerprint density at radius 3 is 1.66 bits per heavy atom. The molecule has 7 nitrogen and oxygen atoms in total. The van der Waals surface area contributed by atoms with Crippen molar-refractivity contribution in [1.82, 2.24) is 0 Å². The summed E-state index contributed by atoms with van der Waals surface area (Å²) in [6.45, 7) is 8.58. The van der Waals surface area contributed by atoms with Crippen LogP contribution in [0.2, 0.25) is 0 Å². The normalized spacial score (nSPS) is 12.2. The Labute approximate surface area is 184 Å². The molecule has 0 saturated heterocycles. The summed E-state index contributed by atoms with van der Waals surface area (Å²) in [6, 6.07) is 7.68. The summed E-state index contributed by atoms with van der Waals surface area (Å²) >= 11 is 0. The number of alkyl halides is 3. The van der Waals surface area contributed by atoms with Crippen molar-refractivity contribution in [3.63, 3.8) is 0 Å². The van der Waals surface area contributed by atoms with Crippen molar-refractivity contribution >= 4 is 22.1 Å². The molecule has 0 atom stereocenters. The fourth-order valence-corrected chi connectivity index (χ4v) is 2.30. The maximum absolute atomic E-state index is 12.9. The molecular formula is C21H23F3O7S. The lowest BCUT2D eigenvalue weighted by atomic mass is 10.1. The third kappa shape index (κ3) is 8.63. The Balaban J connectivity index is 3.79. The minimum atomic E-state index is -6.28. The van der Waals surface area contributed by atoms with Gasteiger partial charge in [-0.3, -0.25) is 0 Å². The first-order chi connectivity index (χ1) is 14.3. The van der Waals surface area contributed by atoms with E-state index in [0.717, 1.165) is 0 Å². The molecule has 0 aliphatic heterocycles. The van der Waals surface area contributed by atoms with Gasteiger partial charge < -0.3 is 13.7 Å². The molecule has 176 valence electrons. The summed E-state index contributed by atoms with van der Waals surface area (Å²) < 4.78 is 76.3. The van der Waals surface area contributed by atoms with Gasteiger partial charge in [-0.25, -0.2) is 9.59 Å². The van der Waals surface area contributed by atoms with Crippen molar-refractivity contribution in [2.75, 3.05) is 0 Å². The van der Waals surface area contributed by atoms with Crippen LogP contribution in [0, 0.1) is 11.8 Å². The van der Waals surface area contributed by atoms with Gasteiger partial charge in [0, 0.05) is 5.56 Å². The fourth-order valence-electron chi connectivity index (χ4n) is 1.86. The van der Waals surface area contributed by atoms with Gasteiger partial charge in [0.25, 0.3) is 0 Å². The number of hydrogen-bond acceptors (Lipinski definition) is 7. The third-order valence-corrected chi connectivity index (χ3v) is 3.96. The highest BCUT2D eigenvalue weighted by Crippen LogP contribution is 2.28. The molecule has 0 spiro atoms. The van der Waals surface area contributed by atoms with Gasteiger partial charge >= 0.3 is 27.6 Å². The van der Waals surface area contributed by atoms with E-state index in [1.807, 2.05) is 5.92 Å². The highest BCUT2D eigenvalue weighted by atomic mass is 32.2. The number of carbonyl (C=O) groups is 2. The first kappa shape index (κ1) is 27.0. The Morgan fingerprint density at radius 2 is 1.28 bits per heavy atom. The number of halogens is 3. The Bertz CT molecular complexity index is 1020. The zero-order valence-corrected chi connectivity index (χ0v) is 19.1. The topological polar surface area (TPSA) is 96.0 Å². The average molecular weight is 476 g/mol. The van der Waals surface area contributed by atoms with Crippen LogP contribution < -0.4 is 0 Å². The van der Waals surface area contributed by atoms with Gasteiger partial charge in [0.1, 0.15) is 11.2 Å². The van der Waals surface area contributed by atoms with E-state index in [1.54, 1.807) is 18.2 Å². The summed E-state index contributed by atoms with van der Waals surface area (Å²) in [5.41, 5.74) is -9.22. The second-order valence-electron chi connectivity index (χ2n) is 8.31. The standard InChI is InChI=1S/C21H23F3O7S/c1-19(2,3)29-17(25)16(18(26)30-20(4,5)6)15(31-32(27,28)21(22,23)24)13-12-14-10-8-7-9-11-14/h7-11H,1-6H3. The molecule has 11 heteroatoms. The van der Waals surface area contributed by atoms with Crippen LogP contribution in [0.5, 0.6) is 0 Å². The minimum absolute atomic E-state index is 0.241. The van der Waals surface area contributed by atoms with Crippen LogP contribution in [0.15, 0.2) is 41.7 Å². The van der Waals surface area contributed by atoms with E-state index in [-0.39, 0.29) is 5.56 Å². The molecule has 0 heterocycles. The molecule has 0 aliphatic carbocycles. The van der Waals surface area contributed by atoms with Gasteiger partial charge in [0.2, 0.25) is 5.76 Å². The van der Waals surface area contributed by atoms with Crippen LogP contribution in [0.4, 0.5) is 13.2 Å². The number of benzene rings is 1. The predicted molar refractivity (Wildman–Crippen MR) is 108 cm³/mol. The van der Waals surface area contributed by atoms with Gasteiger partial charge in [0.15, 0.2) is 5.57 Å². The summed E-state index contributed by atoms with van der Waals surface area (Å²) in [6.07, 6.45) is 0. The van der Waals surface area contributed by atoms with E-state index in [2.05, 4.69) is 10.1 Å². The van der Waals surface area contributed by atoms with Crippen LogP contribution in [-0.4, -0.2) is 37.1 Å². The van der Waals surface area contributed by atoms with E-state index in [0.29, 0.717) is 0 Å². The van der Waals surface area contributed by atoms with E-state index < -0.39 is 50.1 Å². The maximum Gasteiger partial charge on any atom is 0.534 e. The lowest BCUT2D eigenvalue weighted by Crippen LogP contribution is -2.33. The summed E-state index contributed by atoms with van der Waals surface area (Å²) in [5, 5.41) is 0. The van der Waals surface area contributed by atoms with Crippen molar-refractivity contribution in [1.29, 1.82) is 0 Å². The molecule has 1 rings (SSSR count). The van der Waals surface area contributed by atoms with Crippen LogP contribution in [-0.2, 0) is 33.4 Å². The number of hydrogen-bond donors (Lipinski definition) is 0. The molecule has 1 aromatic carbocycles. The molecule has 0 fully saturated rings. The summed E-state index contributed by atoms with van der Waals surface area (Å²) in [7, 11) is -6.28. The number of rotatable bonds is 4. The second-order valence-corrected chi connectivity index (χ2v) is 9.84. The second kappa shape index (κ2) is 9.65. The molecule has 0 radical (unpaired) electrons. The largest absolute Gasteiger partial charge is 0.534 e. The molecule has 32 heavy (non-hydrogen) atoms. The van der Waals surface area contributed by atoms with Crippen molar-refractivity contribution in [2.24, 2.45) is 0 Å². The monoisotopic (exact) mass is 476 g/mol. The van der Waals surface area contributed by atoms with Gasteiger partial charge in [-0.1, -0.05) is 24.1 Å². The number of carbonyl (C=O) groups excluding carboxylic acids is 2. The van der Waals surface area contributed by atoms with Gasteiger partial charge in [-0.15, -0.1) is 0 Å². The number of esters is 2. The molecule has 0 bridgehead atoms. The molecule has 1 aromatic rings. The van der Waals surface area contributed by atoms with Gasteiger partial charge in [-0.2, -0.15) is 21.6 Å². The molecule has 0 saturated carbocycles. The van der Waals surface area contributed by atoms with E-state index in [1.165, 1.54) is 53.7 Å². The minimum Gasteiger partial charge on any atom is -0.456 e. The molecule has 0 amide bonds. The first-order valence-corrected chi connectivity index (χ1v) is 10.5. The maximum atomic E-state index is 12.9. The van der Waals surface area contributed by atoms with E-state index >= 15 is 0 Å². The average Bonchev–Trinajstić information content (AvgIpc) is 2.56. The summed E-state index contributed by atoms with van der Waals surface area (Å²) in [5.74, 6) is 0.0571. The quantitative estimate of drug-likeness (QED) is 0.0952. The smallest absolute Gasteiger partial charge is 0.456 e. The molecule has 0 aliphatic rings. The van der Waals surface area contributed by atoms with Crippen LogP contribution >= 0.6 is 0 Å². The molecular weight excluding hydrogens is 453 g/mol. The molecule has 0 N–H and O–H groups in total. The highest BCUT2D eigenvalue weighted by Gasteiger charge is 2.50. The van der Waals surface area contributed by atoms with Gasteiger partial charge in [0.05, 0.1) is 0 Å². The van der Waals surface area contributed by atoms with Crippen LogP contribution in [0.1, 0.15) is 47.1 Å². The van der Waals surface area contributed by atoms with Crippen molar-refractivity contribution in [3.05, 3.63) is 47.2 Å². The number of ether oxygens (including phenoxy) is 2. The van der Waals surface area contributed by atoms with Crippen molar-refractivity contribution in [3.8, 4) is 11.8 Å². The van der Waals surface area contributed by atoms with Gasteiger partial charge in [-0.05, 0) is 59.6 Å². The Morgan fingerprint density at radius 1 is 0.844 bits per heavy atom. The zero-order chi connectivity index (χ0) is 25.0. The molecule has 0 unspecified atom stereocenters. The van der Waals surface area contributed by atoms with E-state index in [4.69, 9.17) is 9.47 Å². The fraction of sp³-hybridized carbons (Fsp3) is 0.429. The molecule has 0 aromatic heterocycles. The third-order valence-electron chi connectivity index (χ3n) is 3.00. The SMILES string of the molecule is CC(C)(C)OC(=O)C(C(=O)OC(C)(C)C)=C(C#Cc1ccccc1)OS(=O)(=O)C(F)(F)F. The van der Waals surface area contributed by atoms with Crippen LogP contribution in [0.3, 0.4) is 0 Å². The zero-order valence-electron chi connectivity index (χ0n) is 18.3. The van der Waals surface area contributed by atoms with Crippen LogP contribution in [0.25, 0.3) is 0 Å². The van der Waals surface area contributed by atoms with Crippen molar-refractivity contribution < 1.29 is 44.8 Å². The predicted octanol–water partition coefficient (Wildman–Crippen LogP) is 3.84. The lowest BCUT2D eigenvalue weighted by molar-refractivity contribution is -0.158. The first-order valence-electron chi connectivity index (χ1n) is 9.11. The number of allylic oxidation sites excluding steroid dienone is 1. The Kier molecular flexibility index (Phi) is 8.15. The highest BCUT2D eigenvalue weighted by molar-refractivity contribution is 7.87. The van der Waals surface area contributed by atoms with Crippen molar-refractivity contribution in [2.45, 2.75) is 58.3 Å².